The quantitative estimate of drug-likeness (QED) is 0.490. The number of nitrogens with two attached hydrogens (primary N) is 1. The van der Waals surface area contributed by atoms with Crippen molar-refractivity contribution in [3.8, 4) is 11.4 Å². The third kappa shape index (κ3) is 4.59. The van der Waals surface area contributed by atoms with Crippen LogP contribution in [0.25, 0.3) is 11.4 Å². The van der Waals surface area contributed by atoms with E-state index in [1.807, 2.05) is 84.7 Å². The van der Waals surface area contributed by atoms with Crippen molar-refractivity contribution >= 4 is 17.6 Å². The average molecular weight is 397 g/mol. The Kier molecular flexibility index (Phi) is 5.91. The van der Waals surface area contributed by atoms with Gasteiger partial charge in [-0.25, -0.2) is 15.0 Å². The van der Waals surface area contributed by atoms with E-state index in [1.54, 1.807) is 12.4 Å². The zero-order chi connectivity index (χ0) is 20.8. The Labute approximate surface area is 175 Å². The first-order chi connectivity index (χ1) is 14.7. The number of hydrogen-bond donors (Lipinski definition) is 2. The lowest BCUT2D eigenvalue weighted by Crippen LogP contribution is -2.22. The van der Waals surface area contributed by atoms with Crippen LogP contribution >= 0.6 is 0 Å². The van der Waals surface area contributed by atoms with Crippen LogP contribution in [0.15, 0.2) is 85.2 Å². The fourth-order valence-corrected chi connectivity index (χ4v) is 3.02. The summed E-state index contributed by atoms with van der Waals surface area (Å²) >= 11 is 0. The van der Waals surface area contributed by atoms with E-state index in [-0.39, 0.29) is 6.04 Å². The largest absolute Gasteiger partial charge is 0.352 e. The Bertz CT molecular complexity index is 1090. The smallest absolute Gasteiger partial charge is 0.224 e. The normalized spacial score (nSPS) is 11.7. The molecule has 150 valence electrons. The summed E-state index contributed by atoms with van der Waals surface area (Å²) in [6.45, 7) is 0.531. The SMILES string of the molecule is CN(c1ccnc(NC[C@H](N)c2ccccc2)n1)c1ccnc(-c2ccccc2)n1. The first-order valence-electron chi connectivity index (χ1n) is 9.70. The summed E-state index contributed by atoms with van der Waals surface area (Å²) in [5, 5.41) is 3.22. The maximum atomic E-state index is 6.26. The predicted octanol–water partition coefficient (Wildman–Crippen LogP) is 3.81. The topological polar surface area (TPSA) is 92.9 Å². The monoisotopic (exact) mass is 397 g/mol. The minimum atomic E-state index is -0.147. The molecule has 2 aromatic heterocycles. The molecule has 0 fully saturated rings. The van der Waals surface area contributed by atoms with Crippen LogP contribution in [0.5, 0.6) is 0 Å². The van der Waals surface area contributed by atoms with Crippen LogP contribution in [0.3, 0.4) is 0 Å². The zero-order valence-electron chi connectivity index (χ0n) is 16.7. The standard InChI is InChI=1S/C23H23N7/c1-30(20-12-14-25-22(28-20)18-10-6-3-7-11-18)21-13-15-26-23(29-21)27-16-19(24)17-8-4-2-5-9-17/h2-15,19H,16,24H2,1H3,(H,26,27,29)/t19-/m0/s1. The molecule has 4 aromatic rings. The second kappa shape index (κ2) is 9.11. The molecule has 1 atom stereocenters. The van der Waals surface area contributed by atoms with Gasteiger partial charge in [-0.2, -0.15) is 4.98 Å². The van der Waals surface area contributed by atoms with E-state index in [0.29, 0.717) is 18.3 Å². The van der Waals surface area contributed by atoms with Gasteiger partial charge in [-0.3, -0.25) is 0 Å². The second-order valence-electron chi connectivity index (χ2n) is 6.80. The van der Waals surface area contributed by atoms with E-state index in [1.165, 1.54) is 0 Å². The van der Waals surface area contributed by atoms with Crippen molar-refractivity contribution in [2.45, 2.75) is 6.04 Å². The summed E-state index contributed by atoms with van der Waals surface area (Å²) in [4.78, 5) is 19.9. The van der Waals surface area contributed by atoms with Gasteiger partial charge in [0.05, 0.1) is 0 Å². The number of nitrogens with one attached hydrogen (secondary N) is 1. The average Bonchev–Trinajstić information content (AvgIpc) is 2.83. The molecule has 0 aliphatic rings. The van der Waals surface area contributed by atoms with Gasteiger partial charge in [-0.15, -0.1) is 0 Å². The molecule has 0 amide bonds. The number of aromatic nitrogens is 4. The molecule has 2 heterocycles. The van der Waals surface area contributed by atoms with Crippen LogP contribution in [-0.2, 0) is 0 Å². The van der Waals surface area contributed by atoms with Gasteiger partial charge in [0.2, 0.25) is 5.95 Å². The van der Waals surface area contributed by atoms with Crippen molar-refractivity contribution in [3.05, 3.63) is 90.8 Å². The fraction of sp³-hybridized carbons (Fsp3) is 0.130. The first-order valence-corrected chi connectivity index (χ1v) is 9.70. The molecule has 0 saturated heterocycles. The van der Waals surface area contributed by atoms with Crippen LogP contribution in [-0.4, -0.2) is 33.5 Å². The van der Waals surface area contributed by atoms with Crippen LogP contribution in [0.1, 0.15) is 11.6 Å². The molecule has 0 bridgehead atoms. The molecule has 0 aliphatic carbocycles. The van der Waals surface area contributed by atoms with Crippen molar-refractivity contribution in [1.82, 2.24) is 19.9 Å². The fourth-order valence-electron chi connectivity index (χ4n) is 3.02. The van der Waals surface area contributed by atoms with E-state index in [0.717, 1.165) is 22.8 Å². The Hall–Kier alpha value is -3.84. The molecule has 4 rings (SSSR count). The number of benzene rings is 2. The minimum Gasteiger partial charge on any atom is -0.352 e. The van der Waals surface area contributed by atoms with Crippen LogP contribution in [0, 0.1) is 0 Å². The highest BCUT2D eigenvalue weighted by Gasteiger charge is 2.11. The van der Waals surface area contributed by atoms with E-state index >= 15 is 0 Å². The lowest BCUT2D eigenvalue weighted by Gasteiger charge is -2.19. The third-order valence-corrected chi connectivity index (χ3v) is 4.71. The molecule has 7 nitrogen and oxygen atoms in total. The highest BCUT2D eigenvalue weighted by molar-refractivity contribution is 5.61. The van der Waals surface area contributed by atoms with E-state index in [4.69, 9.17) is 5.73 Å². The van der Waals surface area contributed by atoms with E-state index in [2.05, 4.69) is 25.3 Å². The molecule has 30 heavy (non-hydrogen) atoms. The van der Waals surface area contributed by atoms with Gasteiger partial charge in [0.25, 0.3) is 0 Å². The van der Waals surface area contributed by atoms with Gasteiger partial charge >= 0.3 is 0 Å². The number of rotatable bonds is 7. The molecular weight excluding hydrogens is 374 g/mol. The number of hydrogen-bond acceptors (Lipinski definition) is 7. The summed E-state index contributed by atoms with van der Waals surface area (Å²) in [6, 6.07) is 23.4. The molecule has 7 heteroatoms. The van der Waals surface area contributed by atoms with Crippen LogP contribution in [0.2, 0.25) is 0 Å². The molecule has 3 N–H and O–H groups in total. The second-order valence-corrected chi connectivity index (χ2v) is 6.80. The molecular formula is C23H23N7. The summed E-state index contributed by atoms with van der Waals surface area (Å²) in [5.74, 6) is 2.65. The van der Waals surface area contributed by atoms with Crippen molar-refractivity contribution in [2.75, 3.05) is 23.8 Å². The van der Waals surface area contributed by atoms with Gasteiger partial charge < -0.3 is 16.0 Å². The Morgan fingerprint density at radius 2 is 1.47 bits per heavy atom. The summed E-state index contributed by atoms with van der Waals surface area (Å²) < 4.78 is 0. The van der Waals surface area contributed by atoms with Crippen molar-refractivity contribution in [2.24, 2.45) is 5.73 Å². The molecule has 0 unspecified atom stereocenters. The molecule has 0 radical (unpaired) electrons. The first kappa shape index (κ1) is 19.5. The van der Waals surface area contributed by atoms with Gasteiger partial charge in [-0.05, 0) is 17.7 Å². The Morgan fingerprint density at radius 1 is 0.833 bits per heavy atom. The lowest BCUT2D eigenvalue weighted by atomic mass is 10.1. The minimum absolute atomic E-state index is 0.147. The predicted molar refractivity (Wildman–Crippen MR) is 119 cm³/mol. The lowest BCUT2D eigenvalue weighted by molar-refractivity contribution is 0.758. The maximum absolute atomic E-state index is 6.26. The van der Waals surface area contributed by atoms with Gasteiger partial charge in [0.15, 0.2) is 5.82 Å². The van der Waals surface area contributed by atoms with Crippen molar-refractivity contribution in [3.63, 3.8) is 0 Å². The van der Waals surface area contributed by atoms with Gasteiger partial charge in [0.1, 0.15) is 11.6 Å². The van der Waals surface area contributed by atoms with Gasteiger partial charge in [-0.1, -0.05) is 60.7 Å². The highest BCUT2D eigenvalue weighted by atomic mass is 15.2. The van der Waals surface area contributed by atoms with E-state index < -0.39 is 0 Å². The Balaban J connectivity index is 1.48. The maximum Gasteiger partial charge on any atom is 0.224 e. The number of anilines is 3. The van der Waals surface area contributed by atoms with Crippen molar-refractivity contribution < 1.29 is 0 Å². The van der Waals surface area contributed by atoms with Gasteiger partial charge in [0, 0.05) is 37.6 Å². The van der Waals surface area contributed by atoms with Crippen LogP contribution in [0.4, 0.5) is 17.6 Å². The summed E-state index contributed by atoms with van der Waals surface area (Å²) in [7, 11) is 1.92. The zero-order valence-corrected chi connectivity index (χ0v) is 16.7. The Morgan fingerprint density at radius 3 is 2.20 bits per heavy atom. The highest BCUT2D eigenvalue weighted by Crippen LogP contribution is 2.23. The van der Waals surface area contributed by atoms with E-state index in [9.17, 15) is 0 Å². The summed E-state index contributed by atoms with van der Waals surface area (Å²) in [5.41, 5.74) is 8.29. The third-order valence-electron chi connectivity index (χ3n) is 4.71. The molecule has 0 spiro atoms. The van der Waals surface area contributed by atoms with Crippen LogP contribution < -0.4 is 16.0 Å². The molecule has 2 aromatic carbocycles. The molecule has 0 saturated carbocycles. The molecule has 0 aliphatic heterocycles. The summed E-state index contributed by atoms with van der Waals surface area (Å²) in [6.07, 6.45) is 3.47. The number of nitrogens with zero attached hydrogens (tertiary/aromatic N) is 5. The van der Waals surface area contributed by atoms with Crippen molar-refractivity contribution in [1.29, 1.82) is 0 Å².